The summed E-state index contributed by atoms with van der Waals surface area (Å²) in [4.78, 5) is 3.83. The van der Waals surface area contributed by atoms with Gasteiger partial charge in [-0.15, -0.1) is 0 Å². The van der Waals surface area contributed by atoms with E-state index in [4.69, 9.17) is 4.74 Å². The van der Waals surface area contributed by atoms with E-state index in [1.54, 1.807) is 19.5 Å². The summed E-state index contributed by atoms with van der Waals surface area (Å²) in [5.41, 5.74) is 0. The van der Waals surface area contributed by atoms with Crippen LogP contribution in [-0.4, -0.2) is 31.0 Å². The van der Waals surface area contributed by atoms with Crippen molar-refractivity contribution < 1.29 is 4.74 Å². The molecule has 1 aromatic rings. The topological polar surface area (TPSA) is 22.1 Å². The first-order valence-electron chi connectivity index (χ1n) is 2.37. The van der Waals surface area contributed by atoms with E-state index in [0.29, 0.717) is 0 Å². The zero-order chi connectivity index (χ0) is 5.82. The summed E-state index contributed by atoms with van der Waals surface area (Å²) >= 11 is 0. The molecular weight excluding hydrogens is 109 g/mol. The minimum absolute atomic E-state index is 0. The molecule has 0 N–H and O–H groups in total. The van der Waals surface area contributed by atoms with Crippen molar-refractivity contribution in [2.24, 2.45) is 0 Å². The normalized spacial score (nSPS) is 7.67. The number of aromatic nitrogens is 1. The summed E-state index contributed by atoms with van der Waals surface area (Å²) in [5.74, 6) is 0.799. The molecule has 0 fully saturated rings. The molecule has 44 valence electrons. The van der Waals surface area contributed by atoms with Gasteiger partial charge in [0.2, 0.25) is 0 Å². The molecule has 0 radical (unpaired) electrons. The Bertz CT molecular complexity index is 154. The van der Waals surface area contributed by atoms with Gasteiger partial charge in [-0.3, -0.25) is 4.98 Å². The number of hydrogen-bond donors (Lipinski definition) is 0. The van der Waals surface area contributed by atoms with E-state index in [1.807, 2.05) is 12.1 Å². The first kappa shape index (κ1) is 8.55. The standard InChI is InChI=1S/C6H7NO.Li.H/c1-8-6-3-2-4-7-5-6;;/h2-5H,1H3;;. The van der Waals surface area contributed by atoms with E-state index in [2.05, 4.69) is 4.98 Å². The van der Waals surface area contributed by atoms with Crippen LogP contribution in [0.25, 0.3) is 0 Å². The van der Waals surface area contributed by atoms with Crippen molar-refractivity contribution in [1.82, 2.24) is 4.98 Å². The number of hydrogen-bond acceptors (Lipinski definition) is 2. The quantitative estimate of drug-likeness (QED) is 0.498. The monoisotopic (exact) mass is 117 g/mol. The SMILES string of the molecule is COc1cccnc1.[LiH]. The van der Waals surface area contributed by atoms with Gasteiger partial charge in [-0.1, -0.05) is 0 Å². The van der Waals surface area contributed by atoms with Crippen molar-refractivity contribution in [2.45, 2.75) is 0 Å². The van der Waals surface area contributed by atoms with Crippen molar-refractivity contribution in [3.8, 4) is 5.75 Å². The fourth-order valence-corrected chi connectivity index (χ4v) is 0.468. The Balaban J connectivity index is 0.000000640. The molecule has 0 aliphatic heterocycles. The third-order valence-corrected chi connectivity index (χ3v) is 0.870. The van der Waals surface area contributed by atoms with Crippen molar-refractivity contribution in [3.63, 3.8) is 0 Å². The van der Waals surface area contributed by atoms with E-state index < -0.39 is 0 Å². The maximum atomic E-state index is 4.85. The Labute approximate surface area is 66.4 Å². The summed E-state index contributed by atoms with van der Waals surface area (Å²) in [7, 11) is 1.62. The molecule has 0 aliphatic carbocycles. The minimum atomic E-state index is 0. The van der Waals surface area contributed by atoms with Gasteiger partial charge in [0, 0.05) is 6.20 Å². The number of nitrogens with zero attached hydrogens (tertiary/aromatic N) is 1. The molecule has 2 nitrogen and oxygen atoms in total. The van der Waals surface area contributed by atoms with Crippen molar-refractivity contribution >= 4 is 18.9 Å². The van der Waals surface area contributed by atoms with Crippen LogP contribution in [0.15, 0.2) is 24.5 Å². The van der Waals surface area contributed by atoms with Crippen LogP contribution in [0.5, 0.6) is 5.75 Å². The van der Waals surface area contributed by atoms with E-state index in [1.165, 1.54) is 0 Å². The third kappa shape index (κ3) is 2.55. The van der Waals surface area contributed by atoms with Gasteiger partial charge in [-0.05, 0) is 12.1 Å². The molecule has 0 aromatic carbocycles. The van der Waals surface area contributed by atoms with Crippen LogP contribution in [0, 0.1) is 0 Å². The van der Waals surface area contributed by atoms with Gasteiger partial charge in [0.05, 0.1) is 13.3 Å². The Morgan fingerprint density at radius 3 is 2.67 bits per heavy atom. The van der Waals surface area contributed by atoms with Gasteiger partial charge >= 0.3 is 18.9 Å². The average Bonchev–Trinajstić information content (AvgIpc) is 1.90. The second kappa shape index (κ2) is 4.43. The molecule has 0 aliphatic rings. The summed E-state index contributed by atoms with van der Waals surface area (Å²) in [6.07, 6.45) is 3.38. The number of rotatable bonds is 1. The number of pyridine rings is 1. The second-order valence-electron chi connectivity index (χ2n) is 1.39. The summed E-state index contributed by atoms with van der Waals surface area (Å²) in [6.45, 7) is 0. The van der Waals surface area contributed by atoms with Gasteiger partial charge in [-0.2, -0.15) is 0 Å². The molecule has 3 heteroatoms. The van der Waals surface area contributed by atoms with Crippen molar-refractivity contribution in [1.29, 1.82) is 0 Å². The molecule has 0 saturated carbocycles. The summed E-state index contributed by atoms with van der Waals surface area (Å²) < 4.78 is 4.85. The molecule has 0 atom stereocenters. The van der Waals surface area contributed by atoms with E-state index >= 15 is 0 Å². The van der Waals surface area contributed by atoms with Crippen molar-refractivity contribution in [3.05, 3.63) is 24.5 Å². The number of ether oxygens (including phenoxy) is 1. The molecule has 0 amide bonds. The zero-order valence-corrected chi connectivity index (χ0v) is 4.66. The average molecular weight is 117 g/mol. The Morgan fingerprint density at radius 2 is 2.33 bits per heavy atom. The third-order valence-electron chi connectivity index (χ3n) is 0.870. The Hall–Kier alpha value is -0.453. The zero-order valence-electron chi connectivity index (χ0n) is 4.66. The molecule has 1 aromatic heterocycles. The predicted octanol–water partition coefficient (Wildman–Crippen LogP) is 0.442. The first-order chi connectivity index (χ1) is 3.93. The predicted molar refractivity (Wildman–Crippen MR) is 37.9 cm³/mol. The maximum absolute atomic E-state index is 4.85. The molecule has 1 heterocycles. The molecule has 0 spiro atoms. The van der Waals surface area contributed by atoms with Crippen LogP contribution in [0.2, 0.25) is 0 Å². The summed E-state index contributed by atoms with van der Waals surface area (Å²) in [6, 6.07) is 3.69. The van der Waals surface area contributed by atoms with E-state index in [9.17, 15) is 0 Å². The van der Waals surface area contributed by atoms with E-state index in [0.717, 1.165) is 5.75 Å². The van der Waals surface area contributed by atoms with Gasteiger partial charge in [0.15, 0.2) is 0 Å². The molecule has 0 saturated heterocycles. The van der Waals surface area contributed by atoms with Crippen molar-refractivity contribution in [2.75, 3.05) is 7.11 Å². The Kier molecular flexibility index (Phi) is 4.21. The fraction of sp³-hybridized carbons (Fsp3) is 0.167. The van der Waals surface area contributed by atoms with Crippen LogP contribution >= 0.6 is 0 Å². The second-order valence-corrected chi connectivity index (χ2v) is 1.39. The Morgan fingerprint density at radius 1 is 1.56 bits per heavy atom. The molecule has 0 unspecified atom stereocenters. The molecule has 0 bridgehead atoms. The van der Waals surface area contributed by atoms with Gasteiger partial charge in [0.1, 0.15) is 5.75 Å². The summed E-state index contributed by atoms with van der Waals surface area (Å²) in [5, 5.41) is 0. The van der Waals surface area contributed by atoms with Crippen LogP contribution in [0.4, 0.5) is 0 Å². The van der Waals surface area contributed by atoms with Gasteiger partial charge in [-0.25, -0.2) is 0 Å². The number of methoxy groups -OCH3 is 1. The van der Waals surface area contributed by atoms with Gasteiger partial charge < -0.3 is 4.74 Å². The molecule has 1 rings (SSSR count). The van der Waals surface area contributed by atoms with Crippen LogP contribution < -0.4 is 4.74 Å². The van der Waals surface area contributed by atoms with E-state index in [-0.39, 0.29) is 18.9 Å². The molecular formula is C6H8LiNO. The fourth-order valence-electron chi connectivity index (χ4n) is 0.468. The van der Waals surface area contributed by atoms with Crippen LogP contribution in [0.1, 0.15) is 0 Å². The first-order valence-corrected chi connectivity index (χ1v) is 2.37. The van der Waals surface area contributed by atoms with Crippen LogP contribution in [-0.2, 0) is 0 Å². The van der Waals surface area contributed by atoms with Crippen LogP contribution in [0.3, 0.4) is 0 Å². The van der Waals surface area contributed by atoms with Gasteiger partial charge in [0.25, 0.3) is 0 Å². The molecule has 9 heavy (non-hydrogen) atoms.